The minimum absolute atomic E-state index is 0.133. The van der Waals surface area contributed by atoms with Gasteiger partial charge in [-0.25, -0.2) is 4.98 Å². The van der Waals surface area contributed by atoms with E-state index in [0.29, 0.717) is 22.5 Å². The average Bonchev–Trinajstić information content (AvgIpc) is 3.15. The number of hydrogen-bond acceptors (Lipinski definition) is 3. The minimum Gasteiger partial charge on any atom is -0.437 e. The lowest BCUT2D eigenvalue weighted by molar-refractivity contribution is -0.162. The molecule has 2 aromatic carbocycles. The van der Waals surface area contributed by atoms with Gasteiger partial charge >= 0.3 is 12.4 Å². The highest BCUT2D eigenvalue weighted by molar-refractivity contribution is 6.08. The number of aromatic nitrogens is 2. The summed E-state index contributed by atoms with van der Waals surface area (Å²) < 4.78 is 85.9. The van der Waals surface area contributed by atoms with Gasteiger partial charge in [-0.05, 0) is 49.2 Å². The van der Waals surface area contributed by atoms with Gasteiger partial charge in [0.15, 0.2) is 0 Å². The highest BCUT2D eigenvalue weighted by Crippen LogP contribution is 2.42. The standard InChI is InChI=1S/C26H16F6N2O/c1-13-5-3-6-14(2)22(13)20-10-9-16-15-7-4-8-17(23(15)35-24(16)34-20)21-11-18(25(27,28)29)19(12-33-21)26(30,31)32/h3-12H,1-2H3. The third-order valence-electron chi connectivity index (χ3n) is 5.89. The lowest BCUT2D eigenvalue weighted by Crippen LogP contribution is -2.17. The molecule has 0 spiro atoms. The van der Waals surface area contributed by atoms with E-state index in [1.165, 1.54) is 6.07 Å². The van der Waals surface area contributed by atoms with E-state index in [2.05, 4.69) is 9.97 Å². The smallest absolute Gasteiger partial charge is 0.418 e. The van der Waals surface area contributed by atoms with Crippen molar-refractivity contribution >= 4 is 22.1 Å². The summed E-state index contributed by atoms with van der Waals surface area (Å²) in [6.07, 6.45) is -10.2. The summed E-state index contributed by atoms with van der Waals surface area (Å²) in [6, 6.07) is 14.6. The number of para-hydroxylation sites is 1. The molecule has 0 fully saturated rings. The molecule has 0 saturated carbocycles. The van der Waals surface area contributed by atoms with E-state index < -0.39 is 23.5 Å². The van der Waals surface area contributed by atoms with Gasteiger partial charge in [-0.15, -0.1) is 0 Å². The molecule has 9 heteroatoms. The van der Waals surface area contributed by atoms with Crippen molar-refractivity contribution in [3.05, 3.63) is 83.0 Å². The fourth-order valence-corrected chi connectivity index (χ4v) is 4.30. The van der Waals surface area contributed by atoms with Gasteiger partial charge < -0.3 is 4.42 Å². The van der Waals surface area contributed by atoms with Gasteiger partial charge in [0.25, 0.3) is 0 Å². The predicted octanol–water partition coefficient (Wildman–Crippen LogP) is 8.36. The lowest BCUT2D eigenvalue weighted by Gasteiger charge is -2.16. The summed E-state index contributed by atoms with van der Waals surface area (Å²) in [7, 11) is 0. The van der Waals surface area contributed by atoms with Crippen LogP contribution >= 0.6 is 0 Å². The summed E-state index contributed by atoms with van der Waals surface area (Å²) in [5, 5.41) is 1.19. The number of aryl methyl sites for hydroxylation is 2. The second-order valence-corrected chi connectivity index (χ2v) is 8.21. The van der Waals surface area contributed by atoms with Crippen LogP contribution in [0.5, 0.6) is 0 Å². The van der Waals surface area contributed by atoms with Crippen molar-refractivity contribution in [2.24, 2.45) is 0 Å². The van der Waals surface area contributed by atoms with E-state index in [4.69, 9.17) is 4.42 Å². The highest BCUT2D eigenvalue weighted by Gasteiger charge is 2.43. The Morgan fingerprint density at radius 2 is 1.37 bits per heavy atom. The molecular weight excluding hydrogens is 470 g/mol. The van der Waals surface area contributed by atoms with E-state index in [0.717, 1.165) is 16.7 Å². The highest BCUT2D eigenvalue weighted by atomic mass is 19.4. The third kappa shape index (κ3) is 3.90. The molecule has 0 aliphatic rings. The van der Waals surface area contributed by atoms with Crippen molar-refractivity contribution in [2.45, 2.75) is 26.2 Å². The molecule has 0 saturated heterocycles. The first-order chi connectivity index (χ1) is 16.4. The first-order valence-electron chi connectivity index (χ1n) is 10.5. The second-order valence-electron chi connectivity index (χ2n) is 8.21. The van der Waals surface area contributed by atoms with Gasteiger partial charge in [0, 0.05) is 28.1 Å². The van der Waals surface area contributed by atoms with E-state index >= 15 is 0 Å². The number of furan rings is 1. The Kier molecular flexibility index (Phi) is 5.12. The largest absolute Gasteiger partial charge is 0.437 e. The Balaban J connectivity index is 1.72. The van der Waals surface area contributed by atoms with Crippen LogP contribution < -0.4 is 0 Å². The van der Waals surface area contributed by atoms with Crippen LogP contribution in [0, 0.1) is 13.8 Å². The lowest BCUT2D eigenvalue weighted by atomic mass is 9.99. The van der Waals surface area contributed by atoms with Gasteiger partial charge in [0.1, 0.15) is 5.58 Å². The maximum absolute atomic E-state index is 13.5. The summed E-state index contributed by atoms with van der Waals surface area (Å²) in [5.74, 6) is 0. The molecule has 0 bridgehead atoms. The quantitative estimate of drug-likeness (QED) is 0.235. The van der Waals surface area contributed by atoms with E-state index in [9.17, 15) is 26.3 Å². The Morgan fingerprint density at radius 3 is 2.03 bits per heavy atom. The van der Waals surface area contributed by atoms with Crippen molar-refractivity contribution in [2.75, 3.05) is 0 Å². The first-order valence-corrected chi connectivity index (χ1v) is 10.5. The monoisotopic (exact) mass is 486 g/mol. The minimum atomic E-state index is -5.22. The van der Waals surface area contributed by atoms with Gasteiger partial charge in [0.2, 0.25) is 5.71 Å². The number of pyridine rings is 2. The molecular formula is C26H16F6N2O. The maximum Gasteiger partial charge on any atom is 0.418 e. The molecule has 35 heavy (non-hydrogen) atoms. The number of benzene rings is 2. The second kappa shape index (κ2) is 7.83. The van der Waals surface area contributed by atoms with Gasteiger partial charge in [-0.1, -0.05) is 30.3 Å². The molecule has 0 atom stereocenters. The molecule has 3 nitrogen and oxygen atoms in total. The summed E-state index contributed by atoms with van der Waals surface area (Å²) >= 11 is 0. The Labute approximate surface area is 195 Å². The summed E-state index contributed by atoms with van der Waals surface area (Å²) in [6.45, 7) is 3.92. The zero-order chi connectivity index (χ0) is 25.1. The van der Waals surface area contributed by atoms with Crippen LogP contribution in [0.3, 0.4) is 0 Å². The SMILES string of the molecule is Cc1cccc(C)c1-c1ccc2c(n1)oc1c(-c3cc(C(F)(F)F)c(C(F)(F)F)cn3)cccc12. The Morgan fingerprint density at radius 1 is 0.714 bits per heavy atom. The van der Waals surface area contributed by atoms with Crippen LogP contribution in [-0.4, -0.2) is 9.97 Å². The van der Waals surface area contributed by atoms with Gasteiger partial charge in [-0.2, -0.15) is 26.3 Å². The molecule has 5 aromatic rings. The Hall–Kier alpha value is -3.88. The molecule has 3 aromatic heterocycles. The van der Waals surface area contributed by atoms with E-state index in [1.807, 2.05) is 38.1 Å². The van der Waals surface area contributed by atoms with E-state index in [-0.39, 0.29) is 28.8 Å². The molecule has 0 amide bonds. The van der Waals surface area contributed by atoms with Crippen molar-refractivity contribution < 1.29 is 30.8 Å². The van der Waals surface area contributed by atoms with Crippen molar-refractivity contribution in [1.82, 2.24) is 9.97 Å². The molecule has 0 N–H and O–H groups in total. The van der Waals surface area contributed by atoms with Gasteiger partial charge in [0.05, 0.1) is 22.5 Å². The number of nitrogens with zero attached hydrogens (tertiary/aromatic N) is 2. The molecule has 0 aliphatic heterocycles. The van der Waals surface area contributed by atoms with E-state index in [1.54, 1.807) is 18.2 Å². The topological polar surface area (TPSA) is 38.9 Å². The van der Waals surface area contributed by atoms with Crippen molar-refractivity contribution in [3.63, 3.8) is 0 Å². The number of hydrogen-bond donors (Lipinski definition) is 0. The van der Waals surface area contributed by atoms with Crippen LogP contribution in [0.25, 0.3) is 44.6 Å². The van der Waals surface area contributed by atoms with Crippen LogP contribution in [-0.2, 0) is 12.4 Å². The number of fused-ring (bicyclic) bond motifs is 3. The van der Waals surface area contributed by atoms with Gasteiger partial charge in [-0.3, -0.25) is 4.98 Å². The van der Waals surface area contributed by atoms with Crippen molar-refractivity contribution in [1.29, 1.82) is 0 Å². The number of halogens is 6. The zero-order valence-corrected chi connectivity index (χ0v) is 18.3. The van der Waals surface area contributed by atoms with Crippen molar-refractivity contribution in [3.8, 4) is 22.5 Å². The number of rotatable bonds is 2. The fourth-order valence-electron chi connectivity index (χ4n) is 4.30. The normalized spacial score (nSPS) is 12.6. The summed E-state index contributed by atoms with van der Waals surface area (Å²) in [4.78, 5) is 8.32. The maximum atomic E-state index is 13.5. The molecule has 0 unspecified atom stereocenters. The number of alkyl halides is 6. The first kappa shape index (κ1) is 22.9. The fraction of sp³-hybridized carbons (Fsp3) is 0.154. The molecule has 178 valence electrons. The average molecular weight is 486 g/mol. The molecule has 0 radical (unpaired) electrons. The molecule has 5 rings (SSSR count). The predicted molar refractivity (Wildman–Crippen MR) is 120 cm³/mol. The third-order valence-corrected chi connectivity index (χ3v) is 5.89. The molecule has 0 aliphatic carbocycles. The van der Waals surface area contributed by atoms with Crippen LogP contribution in [0.2, 0.25) is 0 Å². The summed E-state index contributed by atoms with van der Waals surface area (Å²) in [5.41, 5.74) is 0.284. The molecule has 3 heterocycles. The van der Waals surface area contributed by atoms with Crippen LogP contribution in [0.1, 0.15) is 22.3 Å². The Bertz CT molecular complexity index is 1580. The van der Waals surface area contributed by atoms with Crippen LogP contribution in [0.4, 0.5) is 26.3 Å². The van der Waals surface area contributed by atoms with Crippen LogP contribution in [0.15, 0.2) is 65.2 Å². The zero-order valence-electron chi connectivity index (χ0n) is 18.3.